The summed E-state index contributed by atoms with van der Waals surface area (Å²) >= 11 is 1.84. The molecule has 5 rings (SSSR count). The molecule has 0 bridgehead atoms. The number of carbonyl (C=O) groups excluding carboxylic acids is 2. The Kier molecular flexibility index (Phi) is 5.18. The maximum absolute atomic E-state index is 14.0. The van der Waals surface area contributed by atoms with Crippen molar-refractivity contribution in [2.75, 3.05) is 35.0 Å². The van der Waals surface area contributed by atoms with Gasteiger partial charge in [0, 0.05) is 35.5 Å². The zero-order valence-corrected chi connectivity index (χ0v) is 18.7. The summed E-state index contributed by atoms with van der Waals surface area (Å²) in [4.78, 5) is 31.8. The predicted octanol–water partition coefficient (Wildman–Crippen LogP) is 3.68. The van der Waals surface area contributed by atoms with Crippen LogP contribution in [-0.4, -0.2) is 47.5 Å². The largest absolute Gasteiger partial charge is 0.492 e. The van der Waals surface area contributed by atoms with Gasteiger partial charge >= 0.3 is 0 Å². The maximum Gasteiger partial charge on any atom is 0.253 e. The zero-order valence-electron chi connectivity index (χ0n) is 17.8. The Morgan fingerprint density at radius 3 is 2.77 bits per heavy atom. The summed E-state index contributed by atoms with van der Waals surface area (Å²) in [5, 5.41) is 3.09. The number of amides is 2. The van der Waals surface area contributed by atoms with Gasteiger partial charge in [-0.2, -0.15) is 0 Å². The van der Waals surface area contributed by atoms with Crippen LogP contribution in [-0.2, 0) is 15.1 Å². The molecule has 162 valence electrons. The average Bonchev–Trinajstić information content (AvgIpc) is 3.43. The number of likely N-dealkylation sites (N-methyl/N-ethyl adjacent to an activating group) is 1. The van der Waals surface area contributed by atoms with Crippen molar-refractivity contribution in [2.45, 2.75) is 31.8 Å². The molecule has 3 aliphatic heterocycles. The molecular weight excluding hydrogens is 410 g/mol. The monoisotopic (exact) mass is 437 g/mol. The summed E-state index contributed by atoms with van der Waals surface area (Å²) in [6, 6.07) is 15.7. The molecule has 3 heterocycles. The molecule has 2 amide bonds. The molecule has 3 aliphatic rings. The molecule has 7 heteroatoms. The molecule has 0 aliphatic carbocycles. The molecule has 0 radical (unpaired) electrons. The van der Waals surface area contributed by atoms with Crippen LogP contribution in [0, 0.1) is 5.92 Å². The molecule has 0 aromatic heterocycles. The SMILES string of the molecule is CCOc1ccccc1NC(=O)[C@@H]1C[C@@H]2CSCN2[C@@]12C(=O)N(CC)c1ccccc12. The quantitative estimate of drug-likeness (QED) is 0.773. The lowest BCUT2D eigenvalue weighted by Crippen LogP contribution is -2.55. The van der Waals surface area contributed by atoms with Crippen LogP contribution in [0.2, 0.25) is 0 Å². The molecule has 1 N–H and O–H groups in total. The lowest BCUT2D eigenvalue weighted by Gasteiger charge is -2.36. The van der Waals surface area contributed by atoms with Crippen molar-refractivity contribution in [1.29, 1.82) is 0 Å². The smallest absolute Gasteiger partial charge is 0.253 e. The van der Waals surface area contributed by atoms with E-state index in [0.29, 0.717) is 31.0 Å². The van der Waals surface area contributed by atoms with Crippen molar-refractivity contribution in [3.63, 3.8) is 0 Å². The van der Waals surface area contributed by atoms with Crippen molar-refractivity contribution in [2.24, 2.45) is 5.92 Å². The number of nitrogens with zero attached hydrogens (tertiary/aromatic N) is 2. The molecule has 2 fully saturated rings. The van der Waals surface area contributed by atoms with Gasteiger partial charge in [0.2, 0.25) is 5.91 Å². The summed E-state index contributed by atoms with van der Waals surface area (Å²) in [5.41, 5.74) is 1.60. The number of anilines is 2. The van der Waals surface area contributed by atoms with Gasteiger partial charge in [0.05, 0.1) is 18.2 Å². The number of hydrogen-bond acceptors (Lipinski definition) is 5. The van der Waals surface area contributed by atoms with Crippen molar-refractivity contribution >= 4 is 35.0 Å². The molecule has 2 aromatic rings. The molecular formula is C24H27N3O3S. The Hall–Kier alpha value is -2.51. The first-order valence-electron chi connectivity index (χ1n) is 10.9. The molecule has 2 saturated heterocycles. The number of thioether (sulfide) groups is 1. The third-order valence-corrected chi connectivity index (χ3v) is 7.78. The van der Waals surface area contributed by atoms with E-state index in [1.54, 1.807) is 0 Å². The number of carbonyl (C=O) groups is 2. The van der Waals surface area contributed by atoms with Gasteiger partial charge in [0.1, 0.15) is 11.3 Å². The van der Waals surface area contributed by atoms with Crippen molar-refractivity contribution < 1.29 is 14.3 Å². The topological polar surface area (TPSA) is 61.9 Å². The van der Waals surface area contributed by atoms with Crippen molar-refractivity contribution in [3.8, 4) is 5.75 Å². The van der Waals surface area contributed by atoms with Crippen molar-refractivity contribution in [3.05, 3.63) is 54.1 Å². The predicted molar refractivity (Wildman–Crippen MR) is 123 cm³/mol. The summed E-state index contributed by atoms with van der Waals surface area (Å²) in [6.07, 6.45) is 0.674. The molecule has 6 nitrogen and oxygen atoms in total. The Morgan fingerprint density at radius 2 is 1.97 bits per heavy atom. The Bertz CT molecular complexity index is 1030. The van der Waals surface area contributed by atoms with Crippen LogP contribution >= 0.6 is 11.8 Å². The van der Waals surface area contributed by atoms with E-state index in [1.165, 1.54) is 0 Å². The van der Waals surface area contributed by atoms with Gasteiger partial charge in [-0.25, -0.2) is 0 Å². The van der Waals surface area contributed by atoms with E-state index in [4.69, 9.17) is 4.74 Å². The third kappa shape index (κ3) is 2.90. The molecule has 0 unspecified atom stereocenters. The van der Waals surface area contributed by atoms with Gasteiger partial charge in [-0.1, -0.05) is 30.3 Å². The number of ether oxygens (including phenoxy) is 1. The fraction of sp³-hybridized carbons (Fsp3) is 0.417. The van der Waals surface area contributed by atoms with Gasteiger partial charge in [-0.05, 0) is 38.5 Å². The van der Waals surface area contributed by atoms with E-state index in [1.807, 2.05) is 79.0 Å². The standard InChI is InChI=1S/C24H27N3O3S/c1-3-26-20-11-7-5-9-17(20)24(23(26)29)18(13-16-14-31-15-27(16)24)22(28)25-19-10-6-8-12-21(19)30-4-2/h5-12,16,18H,3-4,13-15H2,1-2H3,(H,25,28)/t16-,18+,24-/m1/s1. The Morgan fingerprint density at radius 1 is 1.19 bits per heavy atom. The number of rotatable bonds is 5. The first-order valence-corrected chi connectivity index (χ1v) is 12.1. The minimum absolute atomic E-state index is 0.0273. The fourth-order valence-electron chi connectivity index (χ4n) is 5.47. The number of benzene rings is 2. The lowest BCUT2D eigenvalue weighted by atomic mass is 9.78. The van der Waals surface area contributed by atoms with Gasteiger partial charge in [-0.3, -0.25) is 14.5 Å². The van der Waals surface area contributed by atoms with Gasteiger partial charge in [0.25, 0.3) is 5.91 Å². The average molecular weight is 438 g/mol. The highest BCUT2D eigenvalue weighted by Crippen LogP contribution is 2.57. The second kappa shape index (κ2) is 7.88. The van der Waals surface area contributed by atoms with E-state index in [2.05, 4.69) is 10.2 Å². The highest BCUT2D eigenvalue weighted by molar-refractivity contribution is 7.99. The fourth-order valence-corrected chi connectivity index (χ4v) is 6.77. The van der Waals surface area contributed by atoms with Gasteiger partial charge < -0.3 is 15.0 Å². The first-order chi connectivity index (χ1) is 15.1. The van der Waals surface area contributed by atoms with E-state index in [0.717, 1.165) is 22.9 Å². The van der Waals surface area contributed by atoms with Gasteiger partial charge in [-0.15, -0.1) is 11.8 Å². The van der Waals surface area contributed by atoms with Crippen LogP contribution < -0.4 is 15.0 Å². The second-order valence-corrected chi connectivity index (χ2v) is 9.16. The number of nitrogens with one attached hydrogen (secondary N) is 1. The van der Waals surface area contributed by atoms with E-state index in [9.17, 15) is 9.59 Å². The van der Waals surface area contributed by atoms with Crippen LogP contribution in [0.4, 0.5) is 11.4 Å². The second-order valence-electron chi connectivity index (χ2n) is 8.16. The summed E-state index contributed by atoms with van der Waals surface area (Å²) in [7, 11) is 0. The normalized spacial score (nSPS) is 26.9. The molecule has 2 aromatic carbocycles. The maximum atomic E-state index is 14.0. The highest BCUT2D eigenvalue weighted by atomic mass is 32.2. The minimum atomic E-state index is -0.939. The molecule has 3 atom stereocenters. The van der Waals surface area contributed by atoms with Crippen LogP contribution in [0.1, 0.15) is 25.8 Å². The summed E-state index contributed by atoms with van der Waals surface area (Å²) in [5.74, 6) is 1.81. The number of hydrogen-bond donors (Lipinski definition) is 1. The van der Waals surface area contributed by atoms with Crippen LogP contribution in [0.3, 0.4) is 0 Å². The summed E-state index contributed by atoms with van der Waals surface area (Å²) in [6.45, 7) is 5.02. The van der Waals surface area contributed by atoms with Crippen LogP contribution in [0.15, 0.2) is 48.5 Å². The lowest BCUT2D eigenvalue weighted by molar-refractivity contribution is -0.136. The van der Waals surface area contributed by atoms with Crippen LogP contribution in [0.25, 0.3) is 0 Å². The molecule has 1 spiro atoms. The number of para-hydroxylation sites is 3. The Labute approximate surface area is 186 Å². The zero-order chi connectivity index (χ0) is 21.6. The first kappa shape index (κ1) is 20.4. The van der Waals surface area contributed by atoms with Gasteiger partial charge in [0.15, 0.2) is 0 Å². The molecule has 0 saturated carbocycles. The Balaban J connectivity index is 1.58. The van der Waals surface area contributed by atoms with E-state index < -0.39 is 11.5 Å². The van der Waals surface area contributed by atoms with Crippen molar-refractivity contribution in [1.82, 2.24) is 4.90 Å². The number of fused-ring (bicyclic) bond motifs is 4. The summed E-state index contributed by atoms with van der Waals surface area (Å²) < 4.78 is 5.70. The minimum Gasteiger partial charge on any atom is -0.492 e. The van der Waals surface area contributed by atoms with E-state index in [-0.39, 0.29) is 17.9 Å². The van der Waals surface area contributed by atoms with Crippen LogP contribution in [0.5, 0.6) is 5.75 Å². The molecule has 31 heavy (non-hydrogen) atoms. The third-order valence-electron chi connectivity index (χ3n) is 6.70. The highest BCUT2D eigenvalue weighted by Gasteiger charge is 2.67. The van der Waals surface area contributed by atoms with E-state index >= 15 is 0 Å².